The van der Waals surface area contributed by atoms with Crippen LogP contribution in [0.4, 0.5) is 6.01 Å². The number of alkyl halides is 1. The monoisotopic (exact) mass is 215 g/mol. The van der Waals surface area contributed by atoms with Gasteiger partial charge in [-0.1, -0.05) is 18.9 Å². The number of aromatic nitrogens is 2. The molecule has 0 saturated carbocycles. The fraction of sp³-hybridized carbons (Fsp3) is 0.778. The first-order valence-electron chi connectivity index (χ1n) is 4.74. The van der Waals surface area contributed by atoms with Crippen molar-refractivity contribution in [3.63, 3.8) is 0 Å². The summed E-state index contributed by atoms with van der Waals surface area (Å²) in [6, 6.07) is 0.629. The summed E-state index contributed by atoms with van der Waals surface area (Å²) in [6.07, 6.45) is 0.645. The van der Waals surface area contributed by atoms with Crippen LogP contribution >= 0.6 is 11.6 Å². The molecule has 1 aromatic rings. The van der Waals surface area contributed by atoms with Gasteiger partial charge in [0.15, 0.2) is 0 Å². The molecule has 14 heavy (non-hydrogen) atoms. The summed E-state index contributed by atoms with van der Waals surface area (Å²) in [6.45, 7) is 6.41. The van der Waals surface area contributed by atoms with E-state index in [1.165, 1.54) is 0 Å². The normalized spacial score (nSPS) is 19.5. The predicted molar refractivity (Wildman–Crippen MR) is 54.7 cm³/mol. The lowest BCUT2D eigenvalue weighted by atomic mass is 9.85. The second kappa shape index (κ2) is 3.42. The highest BCUT2D eigenvalue weighted by molar-refractivity contribution is 6.17. The molecule has 78 valence electrons. The van der Waals surface area contributed by atoms with E-state index < -0.39 is 0 Å². The molecule has 0 aliphatic carbocycles. The van der Waals surface area contributed by atoms with Crippen molar-refractivity contribution in [2.75, 3.05) is 23.9 Å². The summed E-state index contributed by atoms with van der Waals surface area (Å²) in [7, 11) is 0. The van der Waals surface area contributed by atoms with Gasteiger partial charge >= 0.3 is 6.01 Å². The summed E-state index contributed by atoms with van der Waals surface area (Å²) in [4.78, 5) is 2.09. The highest BCUT2D eigenvalue weighted by Crippen LogP contribution is 2.32. The zero-order valence-corrected chi connectivity index (χ0v) is 9.21. The molecule has 1 fully saturated rings. The molecule has 0 N–H and O–H groups in total. The van der Waals surface area contributed by atoms with Crippen molar-refractivity contribution in [1.29, 1.82) is 0 Å². The standard InChI is InChI=1S/C9H14ClN3O/c1-9(2)5-13(6-9)8-12-11-7(14-8)3-4-10/h3-6H2,1-2H3. The van der Waals surface area contributed by atoms with Gasteiger partial charge in [-0.05, 0) is 0 Å². The lowest BCUT2D eigenvalue weighted by Crippen LogP contribution is -2.53. The number of anilines is 1. The van der Waals surface area contributed by atoms with Gasteiger partial charge in [0.2, 0.25) is 5.89 Å². The summed E-state index contributed by atoms with van der Waals surface area (Å²) in [5, 5.41) is 7.89. The van der Waals surface area contributed by atoms with E-state index in [9.17, 15) is 0 Å². The topological polar surface area (TPSA) is 42.2 Å². The molecule has 5 heteroatoms. The molecule has 0 amide bonds. The number of aryl methyl sites for hydroxylation is 1. The zero-order chi connectivity index (χ0) is 10.2. The van der Waals surface area contributed by atoms with E-state index in [-0.39, 0.29) is 0 Å². The number of rotatable bonds is 3. The number of halogens is 1. The van der Waals surface area contributed by atoms with Crippen LogP contribution in [0.2, 0.25) is 0 Å². The third kappa shape index (κ3) is 1.85. The maximum absolute atomic E-state index is 5.58. The van der Waals surface area contributed by atoms with Crippen LogP contribution in [-0.2, 0) is 6.42 Å². The van der Waals surface area contributed by atoms with E-state index in [2.05, 4.69) is 28.9 Å². The molecular formula is C9H14ClN3O. The molecule has 0 radical (unpaired) electrons. The minimum atomic E-state index is 0.376. The molecule has 0 bridgehead atoms. The molecule has 0 atom stereocenters. The minimum Gasteiger partial charge on any atom is -0.408 e. The molecule has 1 aromatic heterocycles. The van der Waals surface area contributed by atoms with Crippen LogP contribution in [0.15, 0.2) is 4.42 Å². The molecule has 0 aromatic carbocycles. The molecular weight excluding hydrogens is 202 g/mol. The van der Waals surface area contributed by atoms with Crippen molar-refractivity contribution in [1.82, 2.24) is 10.2 Å². The maximum atomic E-state index is 5.58. The summed E-state index contributed by atoms with van der Waals surface area (Å²) < 4.78 is 5.44. The van der Waals surface area contributed by atoms with Crippen LogP contribution in [0.3, 0.4) is 0 Å². The van der Waals surface area contributed by atoms with Gasteiger partial charge in [0.25, 0.3) is 0 Å². The van der Waals surface area contributed by atoms with Crippen LogP contribution in [0, 0.1) is 5.41 Å². The highest BCUT2D eigenvalue weighted by atomic mass is 35.5. The van der Waals surface area contributed by atoms with Gasteiger partial charge in [-0.3, -0.25) is 0 Å². The van der Waals surface area contributed by atoms with Crippen molar-refractivity contribution < 1.29 is 4.42 Å². The Labute approximate surface area is 88.2 Å². The van der Waals surface area contributed by atoms with Crippen LogP contribution in [0.25, 0.3) is 0 Å². The fourth-order valence-corrected chi connectivity index (χ4v) is 1.84. The Morgan fingerprint density at radius 3 is 2.71 bits per heavy atom. The Morgan fingerprint density at radius 2 is 2.14 bits per heavy atom. The van der Waals surface area contributed by atoms with Gasteiger partial charge in [0.05, 0.1) is 0 Å². The Morgan fingerprint density at radius 1 is 1.43 bits per heavy atom. The summed E-state index contributed by atoms with van der Waals surface area (Å²) in [5.74, 6) is 1.15. The van der Waals surface area contributed by atoms with Crippen molar-refractivity contribution in [2.24, 2.45) is 5.41 Å². The quantitative estimate of drug-likeness (QED) is 0.720. The molecule has 1 saturated heterocycles. The van der Waals surface area contributed by atoms with E-state index in [4.69, 9.17) is 16.0 Å². The van der Waals surface area contributed by atoms with Gasteiger partial charge < -0.3 is 9.32 Å². The van der Waals surface area contributed by atoms with Gasteiger partial charge in [-0.2, -0.15) is 0 Å². The average Bonchev–Trinajstić information content (AvgIpc) is 2.49. The first-order chi connectivity index (χ1) is 6.61. The van der Waals surface area contributed by atoms with E-state index in [1.807, 2.05) is 0 Å². The van der Waals surface area contributed by atoms with Crippen LogP contribution in [0.1, 0.15) is 19.7 Å². The van der Waals surface area contributed by atoms with Crippen LogP contribution < -0.4 is 4.90 Å². The molecule has 0 unspecified atom stereocenters. The number of nitrogens with zero attached hydrogens (tertiary/aromatic N) is 3. The largest absolute Gasteiger partial charge is 0.408 e. The van der Waals surface area contributed by atoms with Crippen LogP contribution in [-0.4, -0.2) is 29.2 Å². The third-order valence-corrected chi connectivity index (χ3v) is 2.46. The average molecular weight is 216 g/mol. The summed E-state index contributed by atoms with van der Waals surface area (Å²) in [5.41, 5.74) is 0.376. The molecule has 2 heterocycles. The first kappa shape index (κ1) is 9.77. The van der Waals surface area contributed by atoms with Crippen molar-refractivity contribution in [3.05, 3.63) is 5.89 Å². The maximum Gasteiger partial charge on any atom is 0.318 e. The summed E-state index contributed by atoms with van der Waals surface area (Å²) >= 11 is 5.58. The Balaban J connectivity index is 1.98. The minimum absolute atomic E-state index is 0.376. The van der Waals surface area contributed by atoms with E-state index in [0.29, 0.717) is 29.6 Å². The van der Waals surface area contributed by atoms with E-state index >= 15 is 0 Å². The van der Waals surface area contributed by atoms with Crippen LogP contribution in [0.5, 0.6) is 0 Å². The van der Waals surface area contributed by atoms with E-state index in [1.54, 1.807) is 0 Å². The molecule has 1 aliphatic heterocycles. The fourth-order valence-electron chi connectivity index (χ4n) is 1.68. The molecule has 4 nitrogen and oxygen atoms in total. The highest BCUT2D eigenvalue weighted by Gasteiger charge is 2.36. The Bertz CT molecular complexity index is 316. The second-order valence-corrected chi connectivity index (χ2v) is 4.82. The van der Waals surface area contributed by atoms with Gasteiger partial charge in [0.1, 0.15) is 0 Å². The lowest BCUT2D eigenvalue weighted by molar-refractivity contribution is 0.259. The number of hydrogen-bond donors (Lipinski definition) is 0. The zero-order valence-electron chi connectivity index (χ0n) is 8.46. The van der Waals surface area contributed by atoms with Gasteiger partial charge in [0, 0.05) is 30.8 Å². The lowest BCUT2D eigenvalue weighted by Gasteiger charge is -2.44. The Hall–Kier alpha value is -0.770. The predicted octanol–water partition coefficient (Wildman–Crippen LogP) is 1.70. The Kier molecular flexibility index (Phi) is 2.39. The second-order valence-electron chi connectivity index (χ2n) is 4.44. The molecule has 2 rings (SSSR count). The smallest absolute Gasteiger partial charge is 0.318 e. The molecule has 1 aliphatic rings. The SMILES string of the molecule is CC1(C)CN(c2nnc(CCCl)o2)C1. The first-order valence-corrected chi connectivity index (χ1v) is 5.27. The third-order valence-electron chi connectivity index (χ3n) is 2.27. The number of hydrogen-bond acceptors (Lipinski definition) is 4. The van der Waals surface area contributed by atoms with E-state index in [0.717, 1.165) is 13.1 Å². The van der Waals surface area contributed by atoms with Crippen molar-refractivity contribution >= 4 is 17.6 Å². The van der Waals surface area contributed by atoms with Crippen molar-refractivity contribution in [2.45, 2.75) is 20.3 Å². The van der Waals surface area contributed by atoms with Gasteiger partial charge in [-0.15, -0.1) is 16.7 Å². The van der Waals surface area contributed by atoms with Crippen molar-refractivity contribution in [3.8, 4) is 0 Å². The van der Waals surface area contributed by atoms with Gasteiger partial charge in [-0.25, -0.2) is 0 Å². The molecule has 0 spiro atoms.